The number of methoxy groups -OCH3 is 3. The Morgan fingerprint density at radius 3 is 1.85 bits per heavy atom. The second-order valence-corrected chi connectivity index (χ2v) is 8.28. The van der Waals surface area contributed by atoms with E-state index in [2.05, 4.69) is 11.8 Å². The van der Waals surface area contributed by atoms with E-state index < -0.39 is 11.9 Å². The molecule has 1 aromatic rings. The summed E-state index contributed by atoms with van der Waals surface area (Å²) in [7, 11) is 4.69. The van der Waals surface area contributed by atoms with E-state index >= 15 is 0 Å². The highest BCUT2D eigenvalue weighted by Gasteiger charge is 2.30. The molecular formula is C23H34N2O8. The van der Waals surface area contributed by atoms with E-state index in [0.29, 0.717) is 28.9 Å². The molecule has 1 aromatic carbocycles. The molecule has 0 spiro atoms. The van der Waals surface area contributed by atoms with Gasteiger partial charge in [-0.25, -0.2) is 9.59 Å². The summed E-state index contributed by atoms with van der Waals surface area (Å²) in [5.41, 5.74) is 0.573. The maximum atomic E-state index is 13.0. The Kier molecular flexibility index (Phi) is 9.77. The zero-order chi connectivity index (χ0) is 24.5. The molecule has 10 heteroatoms. The Morgan fingerprint density at radius 1 is 0.879 bits per heavy atom. The molecule has 2 N–H and O–H groups in total. The summed E-state index contributed by atoms with van der Waals surface area (Å²) in [5, 5.41) is 14.8. The van der Waals surface area contributed by atoms with E-state index in [-0.39, 0.29) is 5.91 Å². The first-order chi connectivity index (χ1) is 15.7. The van der Waals surface area contributed by atoms with Gasteiger partial charge in [-0.15, -0.1) is 0 Å². The number of nitrogens with zero attached hydrogens (tertiary/aromatic N) is 2. The van der Waals surface area contributed by atoms with E-state index in [1.165, 1.54) is 25.7 Å². The maximum Gasteiger partial charge on any atom is 0.414 e. The highest BCUT2D eigenvalue weighted by Crippen LogP contribution is 2.38. The number of carbonyl (C=O) groups excluding carboxylic acids is 1. The van der Waals surface area contributed by atoms with Crippen molar-refractivity contribution in [3.63, 3.8) is 0 Å². The van der Waals surface area contributed by atoms with Crippen molar-refractivity contribution >= 4 is 17.8 Å². The van der Waals surface area contributed by atoms with E-state index in [1.807, 2.05) is 4.90 Å². The quantitative estimate of drug-likeness (QED) is 0.628. The van der Waals surface area contributed by atoms with Gasteiger partial charge in [-0.2, -0.15) is 0 Å². The minimum Gasteiger partial charge on any atom is -0.493 e. The first-order valence-corrected chi connectivity index (χ1v) is 11.0. The predicted octanol–water partition coefficient (Wildman–Crippen LogP) is 2.20. The Morgan fingerprint density at radius 2 is 1.42 bits per heavy atom. The van der Waals surface area contributed by atoms with Gasteiger partial charge in [0.25, 0.3) is 5.91 Å². The zero-order valence-corrected chi connectivity index (χ0v) is 19.7. The summed E-state index contributed by atoms with van der Waals surface area (Å²) in [6.45, 7) is 5.79. The van der Waals surface area contributed by atoms with E-state index in [9.17, 15) is 4.79 Å². The fraction of sp³-hybridized carbons (Fsp3) is 0.609. The molecule has 2 unspecified atom stereocenters. The van der Waals surface area contributed by atoms with E-state index in [0.717, 1.165) is 32.1 Å². The lowest BCUT2D eigenvalue weighted by Gasteiger charge is -2.42. The number of aliphatic carboxylic acids is 2. The molecule has 3 rings (SSSR count). The average molecular weight is 467 g/mol. The van der Waals surface area contributed by atoms with Crippen LogP contribution in [0.15, 0.2) is 12.1 Å². The lowest BCUT2D eigenvalue weighted by Crippen LogP contribution is -2.52. The van der Waals surface area contributed by atoms with Crippen molar-refractivity contribution in [1.82, 2.24) is 9.80 Å². The molecule has 1 aliphatic heterocycles. The van der Waals surface area contributed by atoms with Crippen LogP contribution in [0, 0.1) is 5.92 Å². The van der Waals surface area contributed by atoms with Gasteiger partial charge in [0.05, 0.1) is 21.3 Å². The summed E-state index contributed by atoms with van der Waals surface area (Å²) in [5.74, 6) is -1.28. The van der Waals surface area contributed by atoms with Crippen LogP contribution >= 0.6 is 0 Å². The molecule has 1 saturated carbocycles. The smallest absolute Gasteiger partial charge is 0.414 e. The molecule has 10 nitrogen and oxygen atoms in total. The topological polar surface area (TPSA) is 126 Å². The van der Waals surface area contributed by atoms with Crippen LogP contribution in [-0.4, -0.2) is 91.4 Å². The zero-order valence-electron chi connectivity index (χ0n) is 19.7. The summed E-state index contributed by atoms with van der Waals surface area (Å²) < 4.78 is 16.1. The Labute approximate surface area is 194 Å². The minimum absolute atomic E-state index is 0.0194. The molecule has 2 atom stereocenters. The standard InChI is InChI=1S/C21H32N2O4.C2H2O4/c1-15-6-5-7-17(12-15)22-8-10-23(11-9-22)21(24)16-13-18(25-2)20(27-4)19(14-16)26-3;3-1(4)2(5)6/h13-15,17H,5-12H2,1-4H3;(H,3,4)(H,5,6). The molecule has 0 radical (unpaired) electrons. The number of carboxylic acids is 2. The SMILES string of the molecule is COc1cc(C(=O)N2CCN(C3CCCC(C)C3)CC2)cc(OC)c1OC.O=C(O)C(=O)O. The van der Waals surface area contributed by atoms with Gasteiger partial charge in [-0.1, -0.05) is 19.8 Å². The van der Waals surface area contributed by atoms with Crippen LogP contribution in [0.25, 0.3) is 0 Å². The maximum absolute atomic E-state index is 13.0. The van der Waals surface area contributed by atoms with Gasteiger partial charge in [0.15, 0.2) is 11.5 Å². The molecule has 184 valence electrons. The van der Waals surface area contributed by atoms with Crippen molar-refractivity contribution in [2.45, 2.75) is 38.6 Å². The highest BCUT2D eigenvalue weighted by atomic mass is 16.5. The number of rotatable bonds is 5. The summed E-state index contributed by atoms with van der Waals surface area (Å²) in [6, 6.07) is 4.16. The third-order valence-electron chi connectivity index (χ3n) is 6.12. The van der Waals surface area contributed by atoms with Gasteiger partial charge in [0, 0.05) is 37.8 Å². The van der Waals surface area contributed by atoms with Gasteiger partial charge in [0.1, 0.15) is 0 Å². The van der Waals surface area contributed by atoms with Crippen LogP contribution in [-0.2, 0) is 9.59 Å². The van der Waals surface area contributed by atoms with Crippen molar-refractivity contribution in [3.05, 3.63) is 17.7 Å². The van der Waals surface area contributed by atoms with Gasteiger partial charge in [-0.05, 0) is 30.9 Å². The largest absolute Gasteiger partial charge is 0.493 e. The second kappa shape index (κ2) is 12.3. The van der Waals surface area contributed by atoms with Crippen molar-refractivity contribution in [1.29, 1.82) is 0 Å². The normalized spacial score (nSPS) is 20.8. The Balaban J connectivity index is 0.000000569. The van der Waals surface area contributed by atoms with Gasteiger partial charge in [-0.3, -0.25) is 9.69 Å². The number of hydrogen-bond acceptors (Lipinski definition) is 7. The fourth-order valence-corrected chi connectivity index (χ4v) is 4.41. The summed E-state index contributed by atoms with van der Waals surface area (Å²) >= 11 is 0. The monoisotopic (exact) mass is 466 g/mol. The number of ether oxygens (including phenoxy) is 3. The first kappa shape index (κ1) is 26.2. The highest BCUT2D eigenvalue weighted by molar-refractivity contribution is 6.27. The molecule has 1 saturated heterocycles. The summed E-state index contributed by atoms with van der Waals surface area (Å²) in [6.07, 6.45) is 5.28. The molecule has 0 aromatic heterocycles. The van der Waals surface area contributed by atoms with Crippen molar-refractivity contribution < 1.29 is 38.8 Å². The minimum atomic E-state index is -1.82. The van der Waals surface area contributed by atoms with Crippen molar-refractivity contribution in [2.24, 2.45) is 5.92 Å². The number of benzene rings is 1. The average Bonchev–Trinajstić information content (AvgIpc) is 2.83. The summed E-state index contributed by atoms with van der Waals surface area (Å²) in [4.78, 5) is 35.7. The third kappa shape index (κ3) is 6.98. The van der Waals surface area contributed by atoms with E-state index in [4.69, 9.17) is 34.0 Å². The fourth-order valence-electron chi connectivity index (χ4n) is 4.41. The van der Waals surface area contributed by atoms with Gasteiger partial charge in [0.2, 0.25) is 5.75 Å². The Hall–Kier alpha value is -3.01. The molecular weight excluding hydrogens is 432 g/mol. The molecule has 2 fully saturated rings. The van der Waals surface area contributed by atoms with E-state index in [1.54, 1.807) is 33.5 Å². The molecule has 0 bridgehead atoms. The third-order valence-corrected chi connectivity index (χ3v) is 6.12. The number of carboxylic acid groups (broad SMARTS) is 2. The van der Waals surface area contributed by atoms with Gasteiger partial charge >= 0.3 is 11.9 Å². The molecule has 1 amide bonds. The lowest BCUT2D eigenvalue weighted by atomic mass is 9.86. The molecule has 2 aliphatic rings. The van der Waals surface area contributed by atoms with Crippen LogP contribution in [0.1, 0.15) is 43.0 Å². The number of carbonyl (C=O) groups is 3. The van der Waals surface area contributed by atoms with Crippen LogP contribution in [0.5, 0.6) is 17.2 Å². The second-order valence-electron chi connectivity index (χ2n) is 8.28. The van der Waals surface area contributed by atoms with Crippen LogP contribution in [0.2, 0.25) is 0 Å². The molecule has 33 heavy (non-hydrogen) atoms. The van der Waals surface area contributed by atoms with Crippen LogP contribution < -0.4 is 14.2 Å². The molecule has 1 heterocycles. The lowest BCUT2D eigenvalue weighted by molar-refractivity contribution is -0.159. The number of amides is 1. The Bertz CT molecular complexity index is 799. The van der Waals surface area contributed by atoms with Crippen LogP contribution in [0.4, 0.5) is 0 Å². The van der Waals surface area contributed by atoms with Crippen LogP contribution in [0.3, 0.4) is 0 Å². The molecule has 1 aliphatic carbocycles. The first-order valence-electron chi connectivity index (χ1n) is 11.0. The van der Waals surface area contributed by atoms with Crippen molar-refractivity contribution in [2.75, 3.05) is 47.5 Å². The predicted molar refractivity (Wildman–Crippen MR) is 120 cm³/mol. The van der Waals surface area contributed by atoms with Gasteiger partial charge < -0.3 is 29.3 Å². The van der Waals surface area contributed by atoms with Crippen molar-refractivity contribution in [3.8, 4) is 17.2 Å². The number of piperazine rings is 1. The number of hydrogen-bond donors (Lipinski definition) is 2.